The second-order valence-corrected chi connectivity index (χ2v) is 7.04. The van der Waals surface area contributed by atoms with Crippen LogP contribution in [0.25, 0.3) is 11.0 Å². The van der Waals surface area contributed by atoms with Gasteiger partial charge in [0, 0.05) is 29.9 Å². The average Bonchev–Trinajstić information content (AvgIpc) is 3.28. The molecule has 1 saturated heterocycles. The molecule has 27 heavy (non-hydrogen) atoms. The number of fused-ring (bicyclic) bond motifs is 1. The number of benzene rings is 2. The minimum absolute atomic E-state index is 0.173. The number of rotatable bonds is 4. The van der Waals surface area contributed by atoms with Gasteiger partial charge in [-0.1, -0.05) is 0 Å². The maximum absolute atomic E-state index is 12.9. The number of nitrogens with one attached hydrogen (secondary N) is 1. The van der Waals surface area contributed by atoms with Crippen molar-refractivity contribution in [3.63, 3.8) is 0 Å². The van der Waals surface area contributed by atoms with Gasteiger partial charge in [0.15, 0.2) is 0 Å². The van der Waals surface area contributed by atoms with E-state index in [1.165, 1.54) is 24.1 Å². The summed E-state index contributed by atoms with van der Waals surface area (Å²) in [4.78, 5) is 15.3. The zero-order valence-corrected chi connectivity index (χ0v) is 16.0. The van der Waals surface area contributed by atoms with E-state index in [4.69, 9.17) is 9.15 Å². The van der Waals surface area contributed by atoms with Gasteiger partial charge in [-0.3, -0.25) is 4.79 Å². The van der Waals surface area contributed by atoms with Crippen LogP contribution in [0.2, 0.25) is 0 Å². The highest BCUT2D eigenvalue weighted by Gasteiger charge is 2.20. The molecule has 2 heterocycles. The molecule has 140 valence electrons. The van der Waals surface area contributed by atoms with E-state index in [1.54, 1.807) is 7.11 Å². The van der Waals surface area contributed by atoms with Gasteiger partial charge in [-0.2, -0.15) is 0 Å². The molecule has 0 bridgehead atoms. The van der Waals surface area contributed by atoms with Crippen LogP contribution in [0.3, 0.4) is 0 Å². The Balaban J connectivity index is 1.61. The molecule has 0 spiro atoms. The van der Waals surface area contributed by atoms with E-state index in [1.807, 2.05) is 37.3 Å². The quantitative estimate of drug-likeness (QED) is 0.715. The molecular weight excluding hydrogens is 340 g/mol. The third-order valence-corrected chi connectivity index (χ3v) is 5.20. The van der Waals surface area contributed by atoms with Crippen molar-refractivity contribution in [3.05, 3.63) is 53.3 Å². The van der Waals surface area contributed by atoms with E-state index < -0.39 is 0 Å². The van der Waals surface area contributed by atoms with E-state index in [9.17, 15) is 4.79 Å². The van der Waals surface area contributed by atoms with Crippen molar-refractivity contribution < 1.29 is 13.9 Å². The molecule has 3 aromatic rings. The lowest BCUT2D eigenvalue weighted by molar-refractivity contribution is 0.102. The van der Waals surface area contributed by atoms with Crippen LogP contribution in [0.4, 0.5) is 11.4 Å². The predicted molar refractivity (Wildman–Crippen MR) is 108 cm³/mol. The summed E-state index contributed by atoms with van der Waals surface area (Å²) in [7, 11) is 1.61. The van der Waals surface area contributed by atoms with Gasteiger partial charge < -0.3 is 19.4 Å². The first kappa shape index (κ1) is 17.5. The lowest BCUT2D eigenvalue weighted by Gasteiger charge is -2.20. The number of anilines is 2. The standard InChI is InChI=1S/C22H24N2O3/c1-14-12-16(6-8-19(14)24-10-4-5-11-24)23-22(25)21-15(2)27-20-9-7-17(26-3)13-18(20)21/h6-9,12-13H,4-5,10-11H2,1-3H3,(H,23,25). The molecule has 0 unspecified atom stereocenters. The number of methoxy groups -OCH3 is 1. The maximum Gasteiger partial charge on any atom is 0.259 e. The van der Waals surface area contributed by atoms with Gasteiger partial charge >= 0.3 is 0 Å². The second kappa shape index (κ2) is 6.99. The van der Waals surface area contributed by atoms with Gasteiger partial charge in [-0.25, -0.2) is 0 Å². The van der Waals surface area contributed by atoms with Crippen LogP contribution in [0.15, 0.2) is 40.8 Å². The number of carbonyl (C=O) groups excluding carboxylic acids is 1. The van der Waals surface area contributed by atoms with Crippen LogP contribution in [0.5, 0.6) is 5.75 Å². The fraction of sp³-hybridized carbons (Fsp3) is 0.318. The van der Waals surface area contributed by atoms with E-state index >= 15 is 0 Å². The first-order chi connectivity index (χ1) is 13.1. The van der Waals surface area contributed by atoms with E-state index in [-0.39, 0.29) is 5.91 Å². The summed E-state index contributed by atoms with van der Waals surface area (Å²) in [5.74, 6) is 1.12. The lowest BCUT2D eigenvalue weighted by Crippen LogP contribution is -2.19. The summed E-state index contributed by atoms with van der Waals surface area (Å²) in [6.07, 6.45) is 2.49. The number of aryl methyl sites for hydroxylation is 2. The van der Waals surface area contributed by atoms with Crippen molar-refractivity contribution in [1.82, 2.24) is 0 Å². The van der Waals surface area contributed by atoms with Gasteiger partial charge in [-0.15, -0.1) is 0 Å². The minimum Gasteiger partial charge on any atom is -0.497 e. The van der Waals surface area contributed by atoms with Crippen molar-refractivity contribution in [1.29, 1.82) is 0 Å². The number of carbonyl (C=O) groups is 1. The highest BCUT2D eigenvalue weighted by atomic mass is 16.5. The van der Waals surface area contributed by atoms with Gasteiger partial charge in [0.25, 0.3) is 5.91 Å². The molecule has 1 fully saturated rings. The molecule has 5 nitrogen and oxygen atoms in total. The van der Waals surface area contributed by atoms with Crippen LogP contribution >= 0.6 is 0 Å². The normalized spacial score (nSPS) is 14.0. The molecule has 0 radical (unpaired) electrons. The SMILES string of the molecule is COc1ccc2oc(C)c(C(=O)Nc3ccc(N4CCCC4)c(C)c3)c2c1. The minimum atomic E-state index is -0.173. The Hall–Kier alpha value is -2.95. The summed E-state index contributed by atoms with van der Waals surface area (Å²) in [6, 6.07) is 11.6. The number of hydrogen-bond donors (Lipinski definition) is 1. The summed E-state index contributed by atoms with van der Waals surface area (Å²) >= 11 is 0. The van der Waals surface area contributed by atoms with Gasteiger partial charge in [0.2, 0.25) is 0 Å². The van der Waals surface area contributed by atoms with Crippen molar-refractivity contribution >= 4 is 28.3 Å². The Morgan fingerprint density at radius 3 is 2.59 bits per heavy atom. The van der Waals surface area contributed by atoms with Crippen LogP contribution < -0.4 is 15.0 Å². The number of hydrogen-bond acceptors (Lipinski definition) is 4. The van der Waals surface area contributed by atoms with Crippen LogP contribution in [-0.4, -0.2) is 26.1 Å². The number of amides is 1. The molecule has 1 aliphatic heterocycles. The third-order valence-electron chi connectivity index (χ3n) is 5.20. The number of furan rings is 1. The topological polar surface area (TPSA) is 54.7 Å². The van der Waals surface area contributed by atoms with E-state index in [2.05, 4.69) is 23.2 Å². The Kier molecular flexibility index (Phi) is 4.52. The molecule has 5 heteroatoms. The molecule has 0 saturated carbocycles. The summed E-state index contributed by atoms with van der Waals surface area (Å²) in [6.45, 7) is 6.11. The fourth-order valence-electron chi connectivity index (χ4n) is 3.85. The van der Waals surface area contributed by atoms with Crippen molar-refractivity contribution in [2.75, 3.05) is 30.4 Å². The Morgan fingerprint density at radius 1 is 1.11 bits per heavy atom. The average molecular weight is 364 g/mol. The van der Waals surface area contributed by atoms with E-state index in [0.29, 0.717) is 22.7 Å². The first-order valence-corrected chi connectivity index (χ1v) is 9.31. The largest absolute Gasteiger partial charge is 0.497 e. The highest BCUT2D eigenvalue weighted by molar-refractivity contribution is 6.13. The van der Waals surface area contributed by atoms with Crippen molar-refractivity contribution in [2.45, 2.75) is 26.7 Å². The fourth-order valence-corrected chi connectivity index (χ4v) is 3.85. The Bertz CT molecular complexity index is 1000. The predicted octanol–water partition coefficient (Wildman–Crippen LogP) is 4.91. The van der Waals surface area contributed by atoms with Gasteiger partial charge in [-0.05, 0) is 68.7 Å². The van der Waals surface area contributed by atoms with E-state index in [0.717, 1.165) is 24.2 Å². The highest BCUT2D eigenvalue weighted by Crippen LogP contribution is 2.31. The zero-order valence-electron chi connectivity index (χ0n) is 16.0. The molecule has 1 N–H and O–H groups in total. The summed E-state index contributed by atoms with van der Waals surface area (Å²) in [5, 5.41) is 3.77. The molecule has 1 amide bonds. The van der Waals surface area contributed by atoms with Crippen LogP contribution in [-0.2, 0) is 0 Å². The number of ether oxygens (including phenoxy) is 1. The van der Waals surface area contributed by atoms with Gasteiger partial charge in [0.1, 0.15) is 17.1 Å². The molecule has 0 aliphatic carbocycles. The monoisotopic (exact) mass is 364 g/mol. The molecule has 4 rings (SSSR count). The van der Waals surface area contributed by atoms with Gasteiger partial charge in [0.05, 0.1) is 12.7 Å². The Morgan fingerprint density at radius 2 is 1.89 bits per heavy atom. The Labute approximate surface area is 158 Å². The number of nitrogens with zero attached hydrogens (tertiary/aromatic N) is 1. The molecule has 0 atom stereocenters. The zero-order chi connectivity index (χ0) is 19.0. The first-order valence-electron chi connectivity index (χ1n) is 9.31. The second-order valence-electron chi connectivity index (χ2n) is 7.04. The van der Waals surface area contributed by atoms with Crippen molar-refractivity contribution in [3.8, 4) is 5.75 Å². The molecule has 1 aliphatic rings. The third kappa shape index (κ3) is 3.25. The van der Waals surface area contributed by atoms with Crippen LogP contribution in [0.1, 0.15) is 34.5 Å². The maximum atomic E-state index is 12.9. The van der Waals surface area contributed by atoms with Crippen molar-refractivity contribution in [2.24, 2.45) is 0 Å². The smallest absolute Gasteiger partial charge is 0.259 e. The molecule has 1 aromatic heterocycles. The molecular formula is C22H24N2O3. The summed E-state index contributed by atoms with van der Waals surface area (Å²) in [5.41, 5.74) is 4.44. The summed E-state index contributed by atoms with van der Waals surface area (Å²) < 4.78 is 11.0. The van der Waals surface area contributed by atoms with Crippen LogP contribution in [0, 0.1) is 13.8 Å². The lowest BCUT2D eigenvalue weighted by atomic mass is 10.1. The molecule has 2 aromatic carbocycles.